The summed E-state index contributed by atoms with van der Waals surface area (Å²) < 4.78 is 24.9. The number of ether oxygens (including phenoxy) is 4. The van der Waals surface area contributed by atoms with E-state index in [9.17, 15) is 25.1 Å². The van der Waals surface area contributed by atoms with E-state index < -0.39 is 18.0 Å². The number of aliphatic hydroxyl groups is 1. The highest BCUT2D eigenvalue weighted by atomic mass is 35.5. The van der Waals surface area contributed by atoms with Crippen molar-refractivity contribution in [2.24, 2.45) is 5.41 Å². The van der Waals surface area contributed by atoms with Crippen LogP contribution in [0.3, 0.4) is 0 Å². The van der Waals surface area contributed by atoms with Crippen molar-refractivity contribution >= 4 is 35.0 Å². The van der Waals surface area contributed by atoms with Gasteiger partial charge in [0.05, 0.1) is 33.2 Å². The molecule has 63 heavy (non-hydrogen) atoms. The van der Waals surface area contributed by atoms with Gasteiger partial charge >= 0.3 is 5.97 Å². The Morgan fingerprint density at radius 3 is 1.79 bits per heavy atom. The van der Waals surface area contributed by atoms with Crippen molar-refractivity contribution < 1.29 is 38.7 Å². The van der Waals surface area contributed by atoms with Crippen LogP contribution in [0, 0.1) is 37.5 Å². The molecule has 2 N–H and O–H groups in total. The largest absolute Gasteiger partial charge is 0.488 e. The molecule has 6 rings (SSSR count). The molecule has 324 valence electrons. The molecule has 13 heteroatoms. The summed E-state index contributed by atoms with van der Waals surface area (Å²) in [7, 11) is 0. The van der Waals surface area contributed by atoms with Gasteiger partial charge in [0, 0.05) is 48.0 Å². The van der Waals surface area contributed by atoms with Gasteiger partial charge in [-0.25, -0.2) is 0 Å². The fraction of sp³-hybridized carbons (Fsp3) is 0.260. The quantitative estimate of drug-likeness (QED) is 0.0745. The number of carbonyl (C=O) groups excluding carboxylic acids is 1. The molecular formula is C50H47Cl2N3O8. The highest BCUT2D eigenvalue weighted by molar-refractivity contribution is 6.32. The second kappa shape index (κ2) is 20.6. The molecule has 1 atom stereocenters. The summed E-state index contributed by atoms with van der Waals surface area (Å²) in [5, 5.41) is 29.6. The number of pyridine rings is 2. The summed E-state index contributed by atoms with van der Waals surface area (Å²) in [5.41, 5.74) is 8.42. The van der Waals surface area contributed by atoms with Crippen LogP contribution in [0.5, 0.6) is 23.0 Å². The zero-order valence-corrected chi connectivity index (χ0v) is 37.1. The van der Waals surface area contributed by atoms with Crippen molar-refractivity contribution in [3.8, 4) is 40.2 Å². The highest BCUT2D eigenvalue weighted by Crippen LogP contribution is 2.38. The fourth-order valence-corrected chi connectivity index (χ4v) is 7.40. The molecule has 0 aliphatic carbocycles. The van der Waals surface area contributed by atoms with Gasteiger partial charge in [0.2, 0.25) is 0 Å². The molecule has 0 spiro atoms. The van der Waals surface area contributed by atoms with Crippen LogP contribution in [0.2, 0.25) is 10.0 Å². The predicted octanol–water partition coefficient (Wildman–Crippen LogP) is 10.8. The van der Waals surface area contributed by atoms with Crippen LogP contribution in [0.1, 0.15) is 80.7 Å². The van der Waals surface area contributed by atoms with Gasteiger partial charge in [-0.15, -0.1) is 0 Å². The molecule has 0 radical (unpaired) electrons. The molecule has 11 nitrogen and oxygen atoms in total. The monoisotopic (exact) mass is 887 g/mol. The summed E-state index contributed by atoms with van der Waals surface area (Å²) in [6.45, 7) is 9.12. The van der Waals surface area contributed by atoms with Crippen LogP contribution in [-0.4, -0.2) is 38.5 Å². The first kappa shape index (κ1) is 46.1. The second-order valence-corrected chi connectivity index (χ2v) is 16.5. The molecule has 6 aromatic rings. The summed E-state index contributed by atoms with van der Waals surface area (Å²) in [5.74, 6) is 0.234. The lowest BCUT2D eigenvalue weighted by molar-refractivity contribution is -0.150. The van der Waals surface area contributed by atoms with Crippen molar-refractivity contribution in [2.45, 2.75) is 73.9 Å². The number of aromatic nitrogens is 2. The maximum atomic E-state index is 12.5. The maximum Gasteiger partial charge on any atom is 0.311 e. The number of aryl methyl sites for hydroxylation is 2. The zero-order chi connectivity index (χ0) is 45.3. The van der Waals surface area contributed by atoms with E-state index in [4.69, 9.17) is 42.1 Å². The molecule has 0 saturated carbocycles. The van der Waals surface area contributed by atoms with Crippen LogP contribution in [-0.2, 0) is 37.6 Å². The summed E-state index contributed by atoms with van der Waals surface area (Å²) in [6, 6.07) is 24.4. The zero-order valence-electron chi connectivity index (χ0n) is 35.6. The van der Waals surface area contributed by atoms with E-state index >= 15 is 0 Å². The number of hydrogen-bond donors (Lipinski definition) is 2. The van der Waals surface area contributed by atoms with E-state index in [2.05, 4.69) is 28.2 Å². The third-order valence-corrected chi connectivity index (χ3v) is 11.5. The van der Waals surface area contributed by atoms with E-state index in [1.165, 1.54) is 20.0 Å². The average Bonchev–Trinajstić information content (AvgIpc) is 3.27. The second-order valence-electron chi connectivity index (χ2n) is 15.6. The number of ketones is 1. The molecule has 2 heterocycles. The fourth-order valence-electron chi connectivity index (χ4n) is 6.94. The first-order valence-electron chi connectivity index (χ1n) is 20.1. The Morgan fingerprint density at radius 1 is 0.698 bits per heavy atom. The Morgan fingerprint density at radius 2 is 1.24 bits per heavy atom. The molecule has 0 amide bonds. The lowest BCUT2D eigenvalue weighted by atomic mass is 9.85. The third kappa shape index (κ3) is 11.3. The Labute approximate surface area is 376 Å². The highest BCUT2D eigenvalue weighted by Gasteiger charge is 2.32. The Kier molecular flexibility index (Phi) is 15.1. The molecule has 2 aromatic heterocycles. The number of nitriles is 1. The van der Waals surface area contributed by atoms with Crippen molar-refractivity contribution in [1.29, 1.82) is 5.26 Å². The molecule has 0 aliphatic heterocycles. The van der Waals surface area contributed by atoms with E-state index in [0.717, 1.165) is 44.5 Å². The molecule has 0 fully saturated rings. The van der Waals surface area contributed by atoms with Gasteiger partial charge in [-0.1, -0.05) is 59.6 Å². The topological polar surface area (TPSA) is 161 Å². The standard InChI is InChI=1S/C50H47Cl2N3O8/c1-30-14-35(23-54-21-30)25-61-46-19-48(44(52)17-42(46)33(4)57)63-28-39-9-7-11-41(32(39)3)40-10-6-8-38(31(40)2)27-62-47-18-45(60-26-36-15-34(20-53)22-55-24-36)37(16-43(47)51)12-13-50(5,29-56)49(58)59/h6-11,14-19,21-24,56H,12-13,25-29H2,1-5H3,(H,58,59). The van der Waals surface area contributed by atoms with Gasteiger partial charge in [0.1, 0.15) is 55.5 Å². The molecule has 4 aromatic carbocycles. The Balaban J connectivity index is 1.20. The number of benzene rings is 4. The normalized spacial score (nSPS) is 11.9. The van der Waals surface area contributed by atoms with Gasteiger partial charge in [0.25, 0.3) is 0 Å². The van der Waals surface area contributed by atoms with Crippen LogP contribution >= 0.6 is 23.2 Å². The van der Waals surface area contributed by atoms with Crippen LogP contribution in [0.4, 0.5) is 0 Å². The van der Waals surface area contributed by atoms with Crippen LogP contribution in [0.15, 0.2) is 97.6 Å². The first-order chi connectivity index (χ1) is 30.2. The number of halogens is 2. The van der Waals surface area contributed by atoms with Gasteiger partial charge in [-0.05, 0) is 116 Å². The first-order valence-corrected chi connectivity index (χ1v) is 20.9. The van der Waals surface area contributed by atoms with Crippen molar-refractivity contribution in [3.05, 3.63) is 163 Å². The van der Waals surface area contributed by atoms with Gasteiger partial charge in [0.15, 0.2) is 5.78 Å². The van der Waals surface area contributed by atoms with E-state index in [-0.39, 0.29) is 45.1 Å². The predicted molar refractivity (Wildman–Crippen MR) is 241 cm³/mol. The van der Waals surface area contributed by atoms with Crippen molar-refractivity contribution in [2.75, 3.05) is 6.61 Å². The van der Waals surface area contributed by atoms with Crippen molar-refractivity contribution in [1.82, 2.24) is 9.97 Å². The number of hydrogen-bond acceptors (Lipinski definition) is 10. The number of Topliss-reactive ketones (excluding diaryl/α,β-unsaturated/α-hetero) is 1. The van der Waals surface area contributed by atoms with Crippen molar-refractivity contribution in [3.63, 3.8) is 0 Å². The van der Waals surface area contributed by atoms with Crippen LogP contribution < -0.4 is 18.9 Å². The SMILES string of the molecule is CC(=O)c1cc(Cl)c(OCc2cccc(-c3cccc(COc4cc(OCc5cncc(C#N)c5)c(CCC(C)(CO)C(=O)O)cc4Cl)c3C)c2C)cc1OCc1cncc(C)c1. The van der Waals surface area contributed by atoms with Crippen LogP contribution in [0.25, 0.3) is 11.1 Å². The number of carboxylic acid groups (broad SMARTS) is 1. The Hall–Kier alpha value is -6.45. The van der Waals surface area contributed by atoms with E-state index in [1.807, 2.05) is 51.1 Å². The number of carbonyl (C=O) groups is 2. The minimum absolute atomic E-state index is 0.0820. The minimum Gasteiger partial charge on any atom is -0.488 e. The van der Waals surface area contributed by atoms with E-state index in [1.54, 1.807) is 48.9 Å². The molecule has 0 bridgehead atoms. The number of nitrogens with zero attached hydrogens (tertiary/aromatic N) is 3. The summed E-state index contributed by atoms with van der Waals surface area (Å²) in [6.07, 6.45) is 6.92. The third-order valence-electron chi connectivity index (χ3n) is 10.9. The minimum atomic E-state index is -1.37. The molecule has 0 aliphatic rings. The molecule has 0 saturated heterocycles. The summed E-state index contributed by atoms with van der Waals surface area (Å²) >= 11 is 13.4. The molecule has 1 unspecified atom stereocenters. The number of carboxylic acids is 1. The lowest BCUT2D eigenvalue weighted by Gasteiger charge is -2.23. The Bertz CT molecular complexity index is 2700. The maximum absolute atomic E-state index is 12.5. The summed E-state index contributed by atoms with van der Waals surface area (Å²) in [4.78, 5) is 32.8. The smallest absolute Gasteiger partial charge is 0.311 e. The number of aliphatic hydroxyl groups excluding tert-OH is 1. The lowest BCUT2D eigenvalue weighted by Crippen LogP contribution is -2.32. The van der Waals surface area contributed by atoms with E-state index in [0.29, 0.717) is 55.3 Å². The van der Waals surface area contributed by atoms with Gasteiger partial charge in [-0.2, -0.15) is 5.26 Å². The number of aliphatic carboxylic acids is 1. The average molecular weight is 889 g/mol. The number of rotatable bonds is 19. The van der Waals surface area contributed by atoms with Gasteiger partial charge < -0.3 is 29.2 Å². The molecular weight excluding hydrogens is 841 g/mol. The van der Waals surface area contributed by atoms with Gasteiger partial charge in [-0.3, -0.25) is 19.6 Å².